The molecule has 0 aromatic heterocycles. The van der Waals surface area contributed by atoms with Gasteiger partial charge in [0.1, 0.15) is 0 Å². The van der Waals surface area contributed by atoms with E-state index in [0.29, 0.717) is 29.7 Å². The van der Waals surface area contributed by atoms with Crippen molar-refractivity contribution < 1.29 is 14.2 Å². The zero-order chi connectivity index (χ0) is 17.2. The Morgan fingerprint density at radius 3 is 2.26 bits per heavy atom. The highest BCUT2D eigenvalue weighted by molar-refractivity contribution is 5.79. The number of nitrogens with zero attached hydrogens (tertiary/aromatic N) is 1. The highest BCUT2D eigenvalue weighted by atomic mass is 16.5. The first-order chi connectivity index (χ1) is 11.1. The second-order valence-electron chi connectivity index (χ2n) is 5.53. The van der Waals surface area contributed by atoms with Crippen molar-refractivity contribution in [3.05, 3.63) is 17.7 Å². The maximum absolute atomic E-state index is 5.48. The second kappa shape index (κ2) is 9.82. The minimum Gasteiger partial charge on any atom is -0.493 e. The van der Waals surface area contributed by atoms with Gasteiger partial charge in [-0.3, -0.25) is 4.99 Å². The van der Waals surface area contributed by atoms with E-state index < -0.39 is 0 Å². The van der Waals surface area contributed by atoms with E-state index in [2.05, 4.69) is 29.5 Å². The lowest BCUT2D eigenvalue weighted by Gasteiger charge is -2.17. The zero-order valence-electron chi connectivity index (χ0n) is 15.0. The van der Waals surface area contributed by atoms with Crippen molar-refractivity contribution in [2.45, 2.75) is 26.8 Å². The largest absolute Gasteiger partial charge is 0.493 e. The summed E-state index contributed by atoms with van der Waals surface area (Å²) in [6.45, 7) is 5.87. The number of rotatable bonds is 8. The Morgan fingerprint density at radius 1 is 1.04 bits per heavy atom. The molecule has 0 amide bonds. The van der Waals surface area contributed by atoms with E-state index >= 15 is 0 Å². The fourth-order valence-electron chi connectivity index (χ4n) is 2.18. The smallest absolute Gasteiger partial charge is 0.203 e. The van der Waals surface area contributed by atoms with Gasteiger partial charge in [-0.05, 0) is 24.5 Å². The molecule has 0 spiro atoms. The van der Waals surface area contributed by atoms with Crippen molar-refractivity contribution in [1.29, 1.82) is 0 Å². The second-order valence-corrected chi connectivity index (χ2v) is 5.53. The lowest BCUT2D eigenvalue weighted by atomic mass is 10.1. The summed E-state index contributed by atoms with van der Waals surface area (Å²) in [5, 5.41) is 6.59. The van der Waals surface area contributed by atoms with Gasteiger partial charge in [-0.15, -0.1) is 0 Å². The molecule has 1 aromatic carbocycles. The highest BCUT2D eigenvalue weighted by Gasteiger charge is 2.15. The van der Waals surface area contributed by atoms with E-state index in [1.54, 1.807) is 28.4 Å². The summed E-state index contributed by atoms with van der Waals surface area (Å²) in [7, 11) is 6.59. The van der Waals surface area contributed by atoms with E-state index in [9.17, 15) is 0 Å². The van der Waals surface area contributed by atoms with Crippen LogP contribution in [0.4, 0.5) is 0 Å². The molecule has 0 aliphatic carbocycles. The third-order valence-corrected chi connectivity index (χ3v) is 3.47. The first kappa shape index (κ1) is 18.9. The van der Waals surface area contributed by atoms with Crippen LogP contribution in [0.2, 0.25) is 0 Å². The van der Waals surface area contributed by atoms with Gasteiger partial charge in [0.25, 0.3) is 0 Å². The van der Waals surface area contributed by atoms with Crippen molar-refractivity contribution in [2.24, 2.45) is 10.9 Å². The van der Waals surface area contributed by atoms with Crippen LogP contribution in [0.15, 0.2) is 17.1 Å². The van der Waals surface area contributed by atoms with Gasteiger partial charge in [0.2, 0.25) is 5.75 Å². The normalized spacial score (nSPS) is 11.3. The Hall–Kier alpha value is -2.11. The lowest BCUT2D eigenvalue weighted by molar-refractivity contribution is 0.322. The molecular weight excluding hydrogens is 294 g/mol. The summed E-state index contributed by atoms with van der Waals surface area (Å²) in [5.41, 5.74) is 0.969. The van der Waals surface area contributed by atoms with Gasteiger partial charge in [0.05, 0.1) is 21.3 Å². The molecule has 0 bridgehead atoms. The van der Waals surface area contributed by atoms with Gasteiger partial charge >= 0.3 is 0 Å². The number of hydrogen-bond donors (Lipinski definition) is 2. The molecule has 2 N–H and O–H groups in total. The summed E-state index contributed by atoms with van der Waals surface area (Å²) >= 11 is 0. The number of nitrogens with one attached hydrogen (secondary N) is 2. The molecule has 6 nitrogen and oxygen atoms in total. The molecule has 6 heteroatoms. The third-order valence-electron chi connectivity index (χ3n) is 3.47. The fourth-order valence-corrected chi connectivity index (χ4v) is 2.18. The molecule has 0 aliphatic heterocycles. The van der Waals surface area contributed by atoms with Crippen LogP contribution in [-0.2, 0) is 6.54 Å². The maximum Gasteiger partial charge on any atom is 0.203 e. The quantitative estimate of drug-likeness (QED) is 0.568. The van der Waals surface area contributed by atoms with E-state index in [4.69, 9.17) is 14.2 Å². The molecule has 1 rings (SSSR count). The fraction of sp³-hybridized carbons (Fsp3) is 0.588. The van der Waals surface area contributed by atoms with Gasteiger partial charge < -0.3 is 24.8 Å². The van der Waals surface area contributed by atoms with Crippen LogP contribution in [0, 0.1) is 5.92 Å². The molecule has 0 saturated carbocycles. The Bertz CT molecular complexity index is 516. The molecular formula is C17H29N3O3. The van der Waals surface area contributed by atoms with Crippen molar-refractivity contribution in [2.75, 3.05) is 34.9 Å². The van der Waals surface area contributed by atoms with Crippen LogP contribution in [0.5, 0.6) is 17.2 Å². The zero-order valence-corrected chi connectivity index (χ0v) is 15.0. The molecule has 130 valence electrons. The Kier molecular flexibility index (Phi) is 8.08. The van der Waals surface area contributed by atoms with Crippen molar-refractivity contribution >= 4 is 5.96 Å². The van der Waals surface area contributed by atoms with E-state index in [-0.39, 0.29) is 0 Å². The predicted molar refractivity (Wildman–Crippen MR) is 93.8 cm³/mol. The van der Waals surface area contributed by atoms with Gasteiger partial charge in [-0.2, -0.15) is 0 Å². The van der Waals surface area contributed by atoms with Crippen molar-refractivity contribution in [3.63, 3.8) is 0 Å². The van der Waals surface area contributed by atoms with Gasteiger partial charge in [0.15, 0.2) is 17.5 Å². The molecule has 1 aromatic rings. The molecule has 0 aliphatic rings. The first-order valence-electron chi connectivity index (χ1n) is 7.79. The highest BCUT2D eigenvalue weighted by Crippen LogP contribution is 2.39. The van der Waals surface area contributed by atoms with Crippen LogP contribution < -0.4 is 24.8 Å². The SMILES string of the molecule is CN=C(NCCC(C)C)NCc1ccc(OC)c(OC)c1OC. The predicted octanol–water partition coefficient (Wildman–Crippen LogP) is 2.42. The number of aliphatic imine (C=N–C) groups is 1. The summed E-state index contributed by atoms with van der Waals surface area (Å²) in [6.07, 6.45) is 1.10. The number of guanidine groups is 1. The summed E-state index contributed by atoms with van der Waals surface area (Å²) in [4.78, 5) is 4.23. The van der Waals surface area contributed by atoms with Crippen molar-refractivity contribution in [3.8, 4) is 17.2 Å². The average molecular weight is 323 g/mol. The molecule has 23 heavy (non-hydrogen) atoms. The lowest BCUT2D eigenvalue weighted by Crippen LogP contribution is -2.37. The van der Waals surface area contributed by atoms with Gasteiger partial charge in [-0.25, -0.2) is 0 Å². The third kappa shape index (κ3) is 5.54. The molecule has 0 fully saturated rings. The topological polar surface area (TPSA) is 64.1 Å². The molecule has 0 saturated heterocycles. The average Bonchev–Trinajstić information content (AvgIpc) is 2.56. The van der Waals surface area contributed by atoms with E-state index in [0.717, 1.165) is 24.5 Å². The van der Waals surface area contributed by atoms with Crippen LogP contribution in [-0.4, -0.2) is 40.9 Å². The summed E-state index contributed by atoms with van der Waals surface area (Å²) < 4.78 is 16.2. The van der Waals surface area contributed by atoms with Crippen LogP contribution in [0.1, 0.15) is 25.8 Å². The van der Waals surface area contributed by atoms with Crippen molar-refractivity contribution in [1.82, 2.24) is 10.6 Å². The molecule has 0 radical (unpaired) electrons. The number of methoxy groups -OCH3 is 3. The standard InChI is InChI=1S/C17H29N3O3/c1-12(2)9-10-19-17(18-3)20-11-13-7-8-14(21-4)16(23-6)15(13)22-5/h7-8,12H,9-11H2,1-6H3,(H2,18,19,20). The first-order valence-corrected chi connectivity index (χ1v) is 7.79. The van der Waals surface area contributed by atoms with Crippen LogP contribution in [0.25, 0.3) is 0 Å². The minimum absolute atomic E-state index is 0.574. The van der Waals surface area contributed by atoms with Crippen LogP contribution in [0.3, 0.4) is 0 Å². The van der Waals surface area contributed by atoms with Crippen LogP contribution >= 0.6 is 0 Å². The van der Waals surface area contributed by atoms with E-state index in [1.165, 1.54) is 0 Å². The molecule has 0 heterocycles. The minimum atomic E-state index is 0.574. The Balaban J connectivity index is 2.76. The maximum atomic E-state index is 5.48. The summed E-state index contributed by atoms with van der Waals surface area (Å²) in [5.74, 6) is 3.33. The number of ether oxygens (including phenoxy) is 3. The van der Waals surface area contributed by atoms with Gasteiger partial charge in [0, 0.05) is 25.7 Å². The summed E-state index contributed by atoms with van der Waals surface area (Å²) in [6, 6.07) is 3.82. The molecule has 0 atom stereocenters. The van der Waals surface area contributed by atoms with E-state index in [1.807, 2.05) is 12.1 Å². The Labute approximate surface area is 139 Å². The number of benzene rings is 1. The Morgan fingerprint density at radius 2 is 1.74 bits per heavy atom. The molecule has 0 unspecified atom stereocenters. The van der Waals surface area contributed by atoms with Gasteiger partial charge in [-0.1, -0.05) is 13.8 Å². The monoisotopic (exact) mass is 323 g/mol. The number of hydrogen-bond acceptors (Lipinski definition) is 4.